The number of aliphatic carboxylic acids is 1. The number of benzene rings is 1. The summed E-state index contributed by atoms with van der Waals surface area (Å²) in [6, 6.07) is 5.10. The first-order valence-corrected chi connectivity index (χ1v) is 6.48. The molecule has 0 atom stereocenters. The summed E-state index contributed by atoms with van der Waals surface area (Å²) in [4.78, 5) is 12.6. The van der Waals surface area contributed by atoms with Gasteiger partial charge in [-0.25, -0.2) is 0 Å². The van der Waals surface area contributed by atoms with Crippen LogP contribution in [0.3, 0.4) is 0 Å². The van der Waals surface area contributed by atoms with Gasteiger partial charge in [-0.1, -0.05) is 6.07 Å². The van der Waals surface area contributed by atoms with E-state index < -0.39 is 17.7 Å². The second kappa shape index (κ2) is 6.81. The first kappa shape index (κ1) is 15.8. The third kappa shape index (κ3) is 5.98. The molecular weight excluding hydrogens is 279 g/mol. The zero-order valence-electron chi connectivity index (χ0n) is 10.3. The van der Waals surface area contributed by atoms with Crippen LogP contribution in [-0.4, -0.2) is 41.9 Å². The van der Waals surface area contributed by atoms with Crippen LogP contribution in [0.4, 0.5) is 13.2 Å². The number of halogens is 3. The zero-order chi connectivity index (χ0) is 14.5. The van der Waals surface area contributed by atoms with E-state index in [1.54, 1.807) is 18.0 Å². The fourth-order valence-corrected chi connectivity index (χ4v) is 2.42. The zero-order valence-corrected chi connectivity index (χ0v) is 11.1. The van der Waals surface area contributed by atoms with Gasteiger partial charge in [0.15, 0.2) is 0 Å². The van der Waals surface area contributed by atoms with Gasteiger partial charge in [-0.15, -0.1) is 11.8 Å². The number of carboxylic acid groups (broad SMARTS) is 1. The fraction of sp³-hybridized carbons (Fsp3) is 0.417. The molecule has 1 aromatic rings. The van der Waals surface area contributed by atoms with E-state index >= 15 is 0 Å². The van der Waals surface area contributed by atoms with E-state index in [2.05, 4.69) is 0 Å². The quantitative estimate of drug-likeness (QED) is 0.819. The molecule has 1 aromatic carbocycles. The van der Waals surface area contributed by atoms with Crippen LogP contribution >= 0.6 is 11.8 Å². The van der Waals surface area contributed by atoms with Crippen molar-refractivity contribution >= 4 is 17.7 Å². The molecule has 7 heteroatoms. The average Bonchev–Trinajstić information content (AvgIpc) is 2.27. The van der Waals surface area contributed by atoms with Crippen LogP contribution < -0.4 is 0 Å². The smallest absolute Gasteiger partial charge is 0.416 e. The van der Waals surface area contributed by atoms with Crippen LogP contribution in [0.15, 0.2) is 29.2 Å². The van der Waals surface area contributed by atoms with Gasteiger partial charge in [0.2, 0.25) is 0 Å². The Kier molecular flexibility index (Phi) is 5.68. The Bertz CT molecular complexity index is 437. The van der Waals surface area contributed by atoms with Crippen LogP contribution in [-0.2, 0) is 11.0 Å². The molecule has 0 heterocycles. The Hall–Kier alpha value is -1.21. The number of alkyl halides is 3. The Morgan fingerprint density at radius 3 is 2.68 bits per heavy atom. The molecule has 0 aliphatic heterocycles. The second-order valence-electron chi connectivity index (χ2n) is 4.01. The molecule has 0 amide bonds. The van der Waals surface area contributed by atoms with Gasteiger partial charge in [-0.2, -0.15) is 13.2 Å². The van der Waals surface area contributed by atoms with Crippen LogP contribution in [0.2, 0.25) is 0 Å². The Balaban J connectivity index is 2.48. The first-order chi connectivity index (χ1) is 8.79. The van der Waals surface area contributed by atoms with Crippen molar-refractivity contribution in [3.05, 3.63) is 29.8 Å². The van der Waals surface area contributed by atoms with Crippen LogP contribution in [0.25, 0.3) is 0 Å². The minimum Gasteiger partial charge on any atom is -0.480 e. The molecule has 3 nitrogen and oxygen atoms in total. The van der Waals surface area contributed by atoms with Crippen molar-refractivity contribution in [1.82, 2.24) is 4.90 Å². The van der Waals surface area contributed by atoms with Crippen LogP contribution in [0.1, 0.15) is 5.56 Å². The predicted molar refractivity (Wildman–Crippen MR) is 67.3 cm³/mol. The lowest BCUT2D eigenvalue weighted by atomic mass is 10.2. The number of hydrogen-bond acceptors (Lipinski definition) is 3. The topological polar surface area (TPSA) is 40.5 Å². The molecule has 0 radical (unpaired) electrons. The van der Waals surface area contributed by atoms with Crippen molar-refractivity contribution in [2.45, 2.75) is 11.1 Å². The first-order valence-electron chi connectivity index (χ1n) is 5.49. The lowest BCUT2D eigenvalue weighted by Gasteiger charge is -2.13. The van der Waals surface area contributed by atoms with E-state index in [0.717, 1.165) is 12.1 Å². The van der Waals surface area contributed by atoms with Gasteiger partial charge in [0.05, 0.1) is 12.1 Å². The highest BCUT2D eigenvalue weighted by atomic mass is 32.2. The number of nitrogens with zero attached hydrogens (tertiary/aromatic N) is 1. The van der Waals surface area contributed by atoms with Gasteiger partial charge in [0.25, 0.3) is 0 Å². The van der Waals surface area contributed by atoms with E-state index in [0.29, 0.717) is 17.2 Å². The third-order valence-electron chi connectivity index (χ3n) is 2.31. The fourth-order valence-electron chi connectivity index (χ4n) is 1.39. The molecular formula is C12H14F3NO2S. The van der Waals surface area contributed by atoms with E-state index in [1.807, 2.05) is 0 Å². The van der Waals surface area contributed by atoms with Crippen LogP contribution in [0.5, 0.6) is 0 Å². The summed E-state index contributed by atoms with van der Waals surface area (Å²) in [6.07, 6.45) is -4.34. The SMILES string of the molecule is CN(CCSc1cccc(C(F)(F)F)c1)CC(=O)O. The molecule has 0 saturated carbocycles. The van der Waals surface area contributed by atoms with Crippen LogP contribution in [0, 0.1) is 0 Å². The Morgan fingerprint density at radius 1 is 1.42 bits per heavy atom. The molecule has 1 N–H and O–H groups in total. The van der Waals surface area contributed by atoms with Crippen molar-refractivity contribution in [1.29, 1.82) is 0 Å². The largest absolute Gasteiger partial charge is 0.480 e. The lowest BCUT2D eigenvalue weighted by Crippen LogP contribution is -2.27. The maximum atomic E-state index is 12.5. The summed E-state index contributed by atoms with van der Waals surface area (Å²) in [6.45, 7) is 0.413. The van der Waals surface area contributed by atoms with E-state index in [9.17, 15) is 18.0 Å². The van der Waals surface area contributed by atoms with Crippen molar-refractivity contribution in [2.24, 2.45) is 0 Å². The van der Waals surface area contributed by atoms with E-state index in [-0.39, 0.29) is 6.54 Å². The lowest BCUT2D eigenvalue weighted by molar-refractivity contribution is -0.138. The van der Waals surface area contributed by atoms with Crippen molar-refractivity contribution in [3.8, 4) is 0 Å². The van der Waals surface area contributed by atoms with Gasteiger partial charge in [0, 0.05) is 17.2 Å². The predicted octanol–water partition coefficient (Wildman–Crippen LogP) is 2.81. The number of thioether (sulfide) groups is 1. The number of likely N-dealkylation sites (N-methyl/N-ethyl adjacent to an activating group) is 1. The van der Waals surface area contributed by atoms with Crippen molar-refractivity contribution in [2.75, 3.05) is 25.9 Å². The van der Waals surface area contributed by atoms with Gasteiger partial charge >= 0.3 is 12.1 Å². The van der Waals surface area contributed by atoms with Crippen molar-refractivity contribution in [3.63, 3.8) is 0 Å². The van der Waals surface area contributed by atoms with Gasteiger partial charge < -0.3 is 5.11 Å². The maximum Gasteiger partial charge on any atom is 0.416 e. The molecule has 0 aliphatic rings. The normalized spacial score (nSPS) is 11.8. The molecule has 0 spiro atoms. The molecule has 0 saturated heterocycles. The molecule has 106 valence electrons. The summed E-state index contributed by atoms with van der Waals surface area (Å²) >= 11 is 1.27. The third-order valence-corrected chi connectivity index (χ3v) is 3.28. The van der Waals surface area contributed by atoms with Gasteiger partial charge in [0.1, 0.15) is 0 Å². The summed E-state index contributed by atoms with van der Waals surface area (Å²) < 4.78 is 37.4. The molecule has 19 heavy (non-hydrogen) atoms. The minimum atomic E-state index is -4.34. The Morgan fingerprint density at radius 2 is 2.11 bits per heavy atom. The summed E-state index contributed by atoms with van der Waals surface area (Å²) in [7, 11) is 1.65. The summed E-state index contributed by atoms with van der Waals surface area (Å²) in [5, 5.41) is 8.55. The number of rotatable bonds is 6. The summed E-state index contributed by atoms with van der Waals surface area (Å²) in [5.74, 6) is -0.392. The maximum absolute atomic E-state index is 12.5. The molecule has 0 unspecified atom stereocenters. The molecule has 0 aromatic heterocycles. The average molecular weight is 293 g/mol. The standard InChI is InChI=1S/C12H14F3NO2S/c1-16(8-11(17)18)5-6-19-10-4-2-3-9(7-10)12(13,14)15/h2-4,7H,5-6,8H2,1H3,(H,17,18). The highest BCUT2D eigenvalue weighted by molar-refractivity contribution is 7.99. The minimum absolute atomic E-state index is 0.0802. The molecule has 0 aliphatic carbocycles. The highest BCUT2D eigenvalue weighted by Gasteiger charge is 2.30. The monoisotopic (exact) mass is 293 g/mol. The van der Waals surface area contributed by atoms with Crippen molar-refractivity contribution < 1.29 is 23.1 Å². The summed E-state index contributed by atoms with van der Waals surface area (Å²) in [5.41, 5.74) is -0.670. The second-order valence-corrected chi connectivity index (χ2v) is 5.17. The highest BCUT2D eigenvalue weighted by Crippen LogP contribution is 2.31. The van der Waals surface area contributed by atoms with Gasteiger partial charge in [-0.3, -0.25) is 9.69 Å². The number of carbonyl (C=O) groups is 1. The molecule has 0 bridgehead atoms. The number of hydrogen-bond donors (Lipinski definition) is 1. The van der Waals surface area contributed by atoms with E-state index in [1.165, 1.54) is 17.8 Å². The molecule has 0 fully saturated rings. The Labute approximate surface area is 113 Å². The van der Waals surface area contributed by atoms with E-state index in [4.69, 9.17) is 5.11 Å². The number of carboxylic acids is 1. The van der Waals surface area contributed by atoms with Gasteiger partial charge in [-0.05, 0) is 25.2 Å². The molecule has 1 rings (SSSR count).